The summed E-state index contributed by atoms with van der Waals surface area (Å²) in [6.07, 6.45) is 0. The summed E-state index contributed by atoms with van der Waals surface area (Å²) in [6.45, 7) is 3.06. The van der Waals surface area contributed by atoms with Crippen molar-refractivity contribution in [1.29, 1.82) is 0 Å². The van der Waals surface area contributed by atoms with E-state index in [0.29, 0.717) is 0 Å². The lowest BCUT2D eigenvalue weighted by Crippen LogP contribution is -2.11. The zero-order valence-electron chi connectivity index (χ0n) is 8.43. The predicted octanol–water partition coefficient (Wildman–Crippen LogP) is 2.03. The number of hydrogen-bond donors (Lipinski definition) is 1. The molecule has 0 aliphatic carbocycles. The topological polar surface area (TPSA) is 52.3 Å². The molecular weight excluding hydrogens is 204 g/mol. The van der Waals surface area contributed by atoms with Gasteiger partial charge in [0.15, 0.2) is 11.6 Å². The van der Waals surface area contributed by atoms with Gasteiger partial charge in [-0.2, -0.15) is 0 Å². The van der Waals surface area contributed by atoms with Gasteiger partial charge in [0.25, 0.3) is 0 Å². The first-order valence-electron chi connectivity index (χ1n) is 4.40. The fraction of sp³-hybridized carbons (Fsp3) is 0.300. The molecule has 2 N–H and O–H groups in total. The Kier molecular flexibility index (Phi) is 3.24. The minimum Gasteiger partial charge on any atom is -0.462 e. The van der Waals surface area contributed by atoms with Crippen LogP contribution in [0.2, 0.25) is 0 Å². The number of halogens is 2. The third kappa shape index (κ3) is 2.06. The third-order valence-electron chi connectivity index (χ3n) is 2.00. The molecule has 1 rings (SSSR count). The average molecular weight is 215 g/mol. The van der Waals surface area contributed by atoms with Crippen LogP contribution in [0.15, 0.2) is 6.07 Å². The van der Waals surface area contributed by atoms with E-state index in [1.807, 2.05) is 0 Å². The molecule has 5 heteroatoms. The van der Waals surface area contributed by atoms with Crippen molar-refractivity contribution < 1.29 is 18.3 Å². The number of anilines is 1. The van der Waals surface area contributed by atoms with Crippen LogP contribution in [0.5, 0.6) is 0 Å². The summed E-state index contributed by atoms with van der Waals surface area (Å²) in [6, 6.07) is 0.746. The van der Waals surface area contributed by atoms with Gasteiger partial charge < -0.3 is 10.5 Å². The molecule has 1 aromatic carbocycles. The second-order valence-electron chi connectivity index (χ2n) is 2.98. The normalized spacial score (nSPS) is 10.1. The van der Waals surface area contributed by atoms with E-state index >= 15 is 0 Å². The van der Waals surface area contributed by atoms with Crippen molar-refractivity contribution in [2.45, 2.75) is 13.8 Å². The number of rotatable bonds is 2. The molecule has 0 atom stereocenters. The summed E-state index contributed by atoms with van der Waals surface area (Å²) in [5.41, 5.74) is 5.16. The van der Waals surface area contributed by atoms with Crippen molar-refractivity contribution in [1.82, 2.24) is 0 Å². The predicted molar refractivity (Wildman–Crippen MR) is 51.5 cm³/mol. The van der Waals surface area contributed by atoms with Crippen LogP contribution in [-0.4, -0.2) is 12.6 Å². The molecule has 0 saturated carbocycles. The van der Waals surface area contributed by atoms with Gasteiger partial charge in [0, 0.05) is 5.56 Å². The van der Waals surface area contributed by atoms with Gasteiger partial charge in [0.1, 0.15) is 0 Å². The molecule has 0 saturated heterocycles. The Balaban J connectivity index is 3.26. The molecular formula is C10H11F2NO2. The molecule has 0 spiro atoms. The Morgan fingerprint density at radius 1 is 1.53 bits per heavy atom. The maximum atomic E-state index is 13.0. The van der Waals surface area contributed by atoms with Crippen LogP contribution in [0, 0.1) is 18.6 Å². The Labute approximate surface area is 85.8 Å². The Morgan fingerprint density at radius 2 is 2.13 bits per heavy atom. The Hall–Kier alpha value is -1.65. The highest BCUT2D eigenvalue weighted by Gasteiger charge is 2.18. The van der Waals surface area contributed by atoms with E-state index in [0.717, 1.165) is 6.07 Å². The molecule has 0 amide bonds. The van der Waals surface area contributed by atoms with Gasteiger partial charge in [0.2, 0.25) is 0 Å². The average Bonchev–Trinajstić information content (AvgIpc) is 2.20. The van der Waals surface area contributed by atoms with Crippen molar-refractivity contribution in [2.75, 3.05) is 12.3 Å². The zero-order valence-corrected chi connectivity index (χ0v) is 8.43. The number of benzene rings is 1. The zero-order chi connectivity index (χ0) is 11.6. The number of nitrogen functional groups attached to an aromatic ring is 1. The smallest absolute Gasteiger partial charge is 0.340 e. The molecule has 0 aliphatic heterocycles. The van der Waals surface area contributed by atoms with Gasteiger partial charge in [-0.25, -0.2) is 13.6 Å². The number of ether oxygens (including phenoxy) is 1. The quantitative estimate of drug-likeness (QED) is 0.606. The summed E-state index contributed by atoms with van der Waals surface area (Å²) >= 11 is 0. The van der Waals surface area contributed by atoms with Gasteiger partial charge in [-0.3, -0.25) is 0 Å². The molecule has 1 aromatic rings. The monoisotopic (exact) mass is 215 g/mol. The van der Waals surface area contributed by atoms with Gasteiger partial charge in [0.05, 0.1) is 17.9 Å². The van der Waals surface area contributed by atoms with Crippen LogP contribution >= 0.6 is 0 Å². The molecule has 0 aromatic heterocycles. The lowest BCUT2D eigenvalue weighted by molar-refractivity contribution is 0.0527. The second-order valence-corrected chi connectivity index (χ2v) is 2.98. The summed E-state index contributed by atoms with van der Waals surface area (Å²) in [7, 11) is 0. The maximum absolute atomic E-state index is 13.0. The van der Waals surface area contributed by atoms with Crippen LogP contribution in [0.3, 0.4) is 0 Å². The summed E-state index contributed by atoms with van der Waals surface area (Å²) in [5.74, 6) is -2.90. The second kappa shape index (κ2) is 4.25. The summed E-state index contributed by atoms with van der Waals surface area (Å²) in [5, 5.41) is 0. The summed E-state index contributed by atoms with van der Waals surface area (Å²) in [4.78, 5) is 11.3. The first-order chi connectivity index (χ1) is 6.99. The SMILES string of the molecule is CCOC(=O)c1cc(F)c(F)c(C)c1N. The molecule has 0 aliphatic rings. The van der Waals surface area contributed by atoms with Crippen LogP contribution in [0.1, 0.15) is 22.8 Å². The summed E-state index contributed by atoms with van der Waals surface area (Å²) < 4.78 is 30.6. The van der Waals surface area contributed by atoms with Crippen LogP contribution in [0.25, 0.3) is 0 Å². The Bertz CT molecular complexity index is 405. The standard InChI is InChI=1S/C10H11F2NO2/c1-3-15-10(14)6-4-7(11)8(12)5(2)9(6)13/h4H,3,13H2,1-2H3. The van der Waals surface area contributed by atoms with Crippen molar-refractivity contribution in [3.63, 3.8) is 0 Å². The van der Waals surface area contributed by atoms with Crippen molar-refractivity contribution in [3.8, 4) is 0 Å². The molecule has 0 radical (unpaired) electrons. The van der Waals surface area contributed by atoms with Crippen LogP contribution in [-0.2, 0) is 4.74 Å². The van der Waals surface area contributed by atoms with Gasteiger partial charge in [-0.05, 0) is 19.9 Å². The number of hydrogen-bond acceptors (Lipinski definition) is 3. The van der Waals surface area contributed by atoms with E-state index in [2.05, 4.69) is 4.74 Å². The van der Waals surface area contributed by atoms with E-state index in [4.69, 9.17) is 5.73 Å². The highest BCUT2D eigenvalue weighted by atomic mass is 19.2. The lowest BCUT2D eigenvalue weighted by Gasteiger charge is -2.09. The first-order valence-corrected chi connectivity index (χ1v) is 4.40. The van der Waals surface area contributed by atoms with Crippen molar-refractivity contribution in [3.05, 3.63) is 28.8 Å². The number of nitrogens with two attached hydrogens (primary N) is 1. The Morgan fingerprint density at radius 3 is 2.67 bits per heavy atom. The minimum atomic E-state index is -1.11. The van der Waals surface area contributed by atoms with Crippen LogP contribution in [0.4, 0.5) is 14.5 Å². The molecule has 0 heterocycles. The highest BCUT2D eigenvalue weighted by Crippen LogP contribution is 2.23. The number of carbonyl (C=O) groups is 1. The first kappa shape index (κ1) is 11.4. The minimum absolute atomic E-state index is 0.0851. The van der Waals surface area contributed by atoms with Crippen molar-refractivity contribution in [2.24, 2.45) is 0 Å². The van der Waals surface area contributed by atoms with E-state index in [1.165, 1.54) is 6.92 Å². The fourth-order valence-electron chi connectivity index (χ4n) is 1.14. The van der Waals surface area contributed by atoms with E-state index < -0.39 is 17.6 Å². The van der Waals surface area contributed by atoms with E-state index in [9.17, 15) is 13.6 Å². The molecule has 3 nitrogen and oxygen atoms in total. The molecule has 0 fully saturated rings. The fourth-order valence-corrected chi connectivity index (χ4v) is 1.14. The maximum Gasteiger partial charge on any atom is 0.340 e. The van der Waals surface area contributed by atoms with E-state index in [1.54, 1.807) is 6.92 Å². The lowest BCUT2D eigenvalue weighted by atomic mass is 10.1. The molecule has 0 bridgehead atoms. The van der Waals surface area contributed by atoms with Gasteiger partial charge in [-0.1, -0.05) is 0 Å². The number of esters is 1. The molecule has 15 heavy (non-hydrogen) atoms. The van der Waals surface area contributed by atoms with E-state index in [-0.39, 0.29) is 23.4 Å². The third-order valence-corrected chi connectivity index (χ3v) is 2.00. The van der Waals surface area contributed by atoms with Gasteiger partial charge >= 0.3 is 5.97 Å². The van der Waals surface area contributed by atoms with Crippen molar-refractivity contribution >= 4 is 11.7 Å². The van der Waals surface area contributed by atoms with Crippen LogP contribution < -0.4 is 5.73 Å². The number of carbonyl (C=O) groups excluding carboxylic acids is 1. The highest BCUT2D eigenvalue weighted by molar-refractivity contribution is 5.95. The molecule has 0 unspecified atom stereocenters. The molecule has 82 valence electrons. The largest absolute Gasteiger partial charge is 0.462 e. The van der Waals surface area contributed by atoms with Gasteiger partial charge in [-0.15, -0.1) is 0 Å².